The average molecular weight is 194 g/mol. The molecular weight excluding hydrogens is 180 g/mol. The number of esters is 1. The Morgan fingerprint density at radius 1 is 1.43 bits per heavy atom. The predicted octanol–water partition coefficient (Wildman–Crippen LogP) is 1.90. The van der Waals surface area contributed by atoms with Crippen LogP contribution in [0, 0.1) is 5.92 Å². The Hall–Kier alpha value is -1.32. The topological polar surface area (TPSA) is 55.0 Å². The second-order valence-electron chi connectivity index (χ2n) is 3.67. The lowest BCUT2D eigenvalue weighted by molar-refractivity contribution is -0.140. The van der Waals surface area contributed by atoms with E-state index in [1.807, 2.05) is 0 Å². The van der Waals surface area contributed by atoms with Gasteiger partial charge in [0, 0.05) is 0 Å². The van der Waals surface area contributed by atoms with E-state index in [0.717, 1.165) is 25.7 Å². The van der Waals surface area contributed by atoms with Crippen LogP contribution in [0.4, 0.5) is 0 Å². The minimum absolute atomic E-state index is 0.0899. The molecule has 2 rings (SSSR count). The zero-order valence-electron chi connectivity index (χ0n) is 8.03. The summed E-state index contributed by atoms with van der Waals surface area (Å²) in [6, 6.07) is 0. The van der Waals surface area contributed by atoms with E-state index in [4.69, 9.17) is 4.74 Å². The molecule has 1 aliphatic carbocycles. The van der Waals surface area contributed by atoms with Gasteiger partial charge in [0.1, 0.15) is 0 Å². The van der Waals surface area contributed by atoms with Crippen molar-refractivity contribution < 1.29 is 9.53 Å². The van der Waals surface area contributed by atoms with Crippen LogP contribution < -0.4 is 4.74 Å². The molecule has 1 aromatic rings. The second kappa shape index (κ2) is 4.26. The molecule has 14 heavy (non-hydrogen) atoms. The molecule has 0 aliphatic heterocycles. The SMILES string of the molecule is O=C(Oc1cnc[nH]1)C1CCCCC1. The lowest BCUT2D eigenvalue weighted by Crippen LogP contribution is -2.22. The average Bonchev–Trinajstić information content (AvgIpc) is 2.72. The van der Waals surface area contributed by atoms with Crippen molar-refractivity contribution in [1.29, 1.82) is 0 Å². The second-order valence-corrected chi connectivity index (χ2v) is 3.67. The molecule has 1 aliphatic rings. The van der Waals surface area contributed by atoms with Gasteiger partial charge in [0.2, 0.25) is 5.88 Å². The van der Waals surface area contributed by atoms with Gasteiger partial charge in [0.15, 0.2) is 0 Å². The van der Waals surface area contributed by atoms with Gasteiger partial charge in [-0.25, -0.2) is 4.98 Å². The Labute approximate surface area is 82.7 Å². The molecule has 0 saturated heterocycles. The van der Waals surface area contributed by atoms with Gasteiger partial charge in [0.25, 0.3) is 0 Å². The molecule has 0 aromatic carbocycles. The maximum atomic E-state index is 11.6. The van der Waals surface area contributed by atoms with Gasteiger partial charge in [-0.3, -0.25) is 4.79 Å². The minimum atomic E-state index is -0.117. The van der Waals surface area contributed by atoms with Crippen molar-refractivity contribution in [1.82, 2.24) is 9.97 Å². The van der Waals surface area contributed by atoms with Crippen molar-refractivity contribution >= 4 is 5.97 Å². The first-order valence-corrected chi connectivity index (χ1v) is 5.06. The van der Waals surface area contributed by atoms with Crippen LogP contribution in [-0.4, -0.2) is 15.9 Å². The number of hydrogen-bond donors (Lipinski definition) is 1. The largest absolute Gasteiger partial charge is 0.408 e. The highest BCUT2D eigenvalue weighted by atomic mass is 16.5. The summed E-state index contributed by atoms with van der Waals surface area (Å²) in [5.41, 5.74) is 0. The highest BCUT2D eigenvalue weighted by molar-refractivity contribution is 5.74. The predicted molar refractivity (Wildman–Crippen MR) is 50.8 cm³/mol. The van der Waals surface area contributed by atoms with Crippen LogP contribution >= 0.6 is 0 Å². The maximum Gasteiger partial charge on any atom is 0.315 e. The van der Waals surface area contributed by atoms with Crippen molar-refractivity contribution in [3.63, 3.8) is 0 Å². The van der Waals surface area contributed by atoms with Crippen molar-refractivity contribution in [2.75, 3.05) is 0 Å². The fourth-order valence-corrected chi connectivity index (χ4v) is 1.83. The third-order valence-electron chi connectivity index (χ3n) is 2.62. The number of hydrogen-bond acceptors (Lipinski definition) is 3. The Morgan fingerprint density at radius 3 is 2.86 bits per heavy atom. The number of carbonyl (C=O) groups excluding carboxylic acids is 1. The zero-order chi connectivity index (χ0) is 9.80. The molecule has 4 nitrogen and oxygen atoms in total. The van der Waals surface area contributed by atoms with E-state index >= 15 is 0 Å². The molecule has 0 atom stereocenters. The summed E-state index contributed by atoms with van der Waals surface area (Å²) < 4.78 is 5.14. The van der Waals surface area contributed by atoms with Crippen LogP contribution in [0.15, 0.2) is 12.5 Å². The molecule has 1 fully saturated rings. The Morgan fingerprint density at radius 2 is 2.21 bits per heavy atom. The van der Waals surface area contributed by atoms with Gasteiger partial charge in [-0.15, -0.1) is 0 Å². The number of imidazole rings is 1. The number of rotatable bonds is 2. The van der Waals surface area contributed by atoms with E-state index in [0.29, 0.717) is 5.88 Å². The third-order valence-corrected chi connectivity index (χ3v) is 2.62. The fraction of sp³-hybridized carbons (Fsp3) is 0.600. The highest BCUT2D eigenvalue weighted by Crippen LogP contribution is 2.24. The quantitative estimate of drug-likeness (QED) is 0.731. The van der Waals surface area contributed by atoms with Crippen LogP contribution in [-0.2, 0) is 4.79 Å². The molecule has 1 N–H and O–H groups in total. The summed E-state index contributed by atoms with van der Waals surface area (Å²) in [6.07, 6.45) is 8.48. The number of aromatic amines is 1. The van der Waals surface area contributed by atoms with Gasteiger partial charge >= 0.3 is 5.97 Å². The fourth-order valence-electron chi connectivity index (χ4n) is 1.83. The summed E-state index contributed by atoms with van der Waals surface area (Å²) >= 11 is 0. The van der Waals surface area contributed by atoms with Crippen molar-refractivity contribution in [3.8, 4) is 5.88 Å². The summed E-state index contributed by atoms with van der Waals surface area (Å²) in [6.45, 7) is 0. The number of nitrogens with one attached hydrogen (secondary N) is 1. The smallest absolute Gasteiger partial charge is 0.315 e. The van der Waals surface area contributed by atoms with Crippen LogP contribution in [0.5, 0.6) is 5.88 Å². The summed E-state index contributed by atoms with van der Waals surface area (Å²) in [5.74, 6) is 0.418. The molecule has 0 bridgehead atoms. The Kier molecular flexibility index (Phi) is 2.81. The zero-order valence-corrected chi connectivity index (χ0v) is 8.03. The molecular formula is C10H14N2O2. The number of carbonyl (C=O) groups is 1. The Bertz CT molecular complexity index is 289. The molecule has 0 amide bonds. The summed E-state index contributed by atoms with van der Waals surface area (Å²) in [7, 11) is 0. The minimum Gasteiger partial charge on any atom is -0.408 e. The van der Waals surface area contributed by atoms with Crippen LogP contribution in [0.25, 0.3) is 0 Å². The molecule has 4 heteroatoms. The normalized spacial score (nSPS) is 18.0. The number of aromatic nitrogens is 2. The summed E-state index contributed by atoms with van der Waals surface area (Å²) in [4.78, 5) is 18.1. The molecule has 1 heterocycles. The lowest BCUT2D eigenvalue weighted by Gasteiger charge is -2.18. The molecule has 1 aromatic heterocycles. The molecule has 0 radical (unpaired) electrons. The lowest BCUT2D eigenvalue weighted by atomic mass is 9.89. The standard InChI is InChI=1S/C10H14N2O2/c13-10(8-4-2-1-3-5-8)14-9-6-11-7-12-9/h6-8H,1-5H2,(H,11,12). The van der Waals surface area contributed by atoms with Crippen LogP contribution in [0.2, 0.25) is 0 Å². The van der Waals surface area contributed by atoms with E-state index in [9.17, 15) is 4.79 Å². The van der Waals surface area contributed by atoms with E-state index in [1.54, 1.807) is 0 Å². The number of ether oxygens (including phenoxy) is 1. The number of H-pyrrole nitrogens is 1. The van der Waals surface area contributed by atoms with Gasteiger partial charge in [-0.2, -0.15) is 0 Å². The van der Waals surface area contributed by atoms with Crippen LogP contribution in [0.1, 0.15) is 32.1 Å². The maximum absolute atomic E-state index is 11.6. The molecule has 0 spiro atoms. The van der Waals surface area contributed by atoms with E-state index in [-0.39, 0.29) is 11.9 Å². The first kappa shape index (κ1) is 9.24. The van der Waals surface area contributed by atoms with Gasteiger partial charge in [-0.05, 0) is 12.8 Å². The first-order valence-electron chi connectivity index (χ1n) is 5.06. The van der Waals surface area contributed by atoms with Crippen molar-refractivity contribution in [2.24, 2.45) is 5.92 Å². The highest BCUT2D eigenvalue weighted by Gasteiger charge is 2.23. The number of nitrogens with zero attached hydrogens (tertiary/aromatic N) is 1. The van der Waals surface area contributed by atoms with Crippen LogP contribution in [0.3, 0.4) is 0 Å². The summed E-state index contributed by atoms with van der Waals surface area (Å²) in [5, 5.41) is 0. The van der Waals surface area contributed by atoms with Gasteiger partial charge in [0.05, 0.1) is 18.4 Å². The first-order chi connectivity index (χ1) is 6.86. The van der Waals surface area contributed by atoms with Gasteiger partial charge in [-0.1, -0.05) is 19.3 Å². The van der Waals surface area contributed by atoms with Crippen molar-refractivity contribution in [3.05, 3.63) is 12.5 Å². The Balaban J connectivity index is 1.88. The van der Waals surface area contributed by atoms with Crippen molar-refractivity contribution in [2.45, 2.75) is 32.1 Å². The van der Waals surface area contributed by atoms with E-state index in [2.05, 4.69) is 9.97 Å². The molecule has 1 saturated carbocycles. The monoisotopic (exact) mass is 194 g/mol. The third kappa shape index (κ3) is 2.13. The van der Waals surface area contributed by atoms with E-state index in [1.165, 1.54) is 18.9 Å². The van der Waals surface area contributed by atoms with Gasteiger partial charge < -0.3 is 9.72 Å². The molecule has 0 unspecified atom stereocenters. The molecule has 76 valence electrons. The van der Waals surface area contributed by atoms with E-state index < -0.39 is 0 Å².